The van der Waals surface area contributed by atoms with Gasteiger partial charge in [-0.25, -0.2) is 0 Å². The van der Waals surface area contributed by atoms with Crippen LogP contribution in [0.15, 0.2) is 0 Å². The molecule has 3 heteroatoms. The van der Waals surface area contributed by atoms with Gasteiger partial charge in [0, 0.05) is 12.3 Å². The van der Waals surface area contributed by atoms with Crippen molar-refractivity contribution in [3.63, 3.8) is 0 Å². The Kier molecular flexibility index (Phi) is 4.34. The van der Waals surface area contributed by atoms with Gasteiger partial charge in [0.05, 0.1) is 12.5 Å². The van der Waals surface area contributed by atoms with Crippen molar-refractivity contribution < 1.29 is 14.3 Å². The predicted octanol–water partition coefficient (Wildman–Crippen LogP) is 2.83. The van der Waals surface area contributed by atoms with Crippen LogP contribution < -0.4 is 0 Å². The Balaban J connectivity index is 2.98. The molecule has 0 saturated heterocycles. The lowest BCUT2D eigenvalue weighted by Gasteiger charge is -2.44. The number of rotatable bonds is 3. The van der Waals surface area contributed by atoms with Gasteiger partial charge < -0.3 is 4.74 Å². The summed E-state index contributed by atoms with van der Waals surface area (Å²) in [7, 11) is 0. The van der Waals surface area contributed by atoms with Crippen molar-refractivity contribution in [2.24, 2.45) is 23.2 Å². The molecule has 1 fully saturated rings. The number of esters is 1. The molecule has 0 aromatic carbocycles. The summed E-state index contributed by atoms with van der Waals surface area (Å²) in [5.74, 6) is 0.0827. The fraction of sp³-hybridized carbons (Fsp3) is 0.857. The summed E-state index contributed by atoms with van der Waals surface area (Å²) in [6.45, 7) is 10.2. The van der Waals surface area contributed by atoms with Gasteiger partial charge in [-0.1, -0.05) is 27.7 Å². The molecule has 0 spiro atoms. The van der Waals surface area contributed by atoms with E-state index in [9.17, 15) is 9.59 Å². The van der Waals surface area contributed by atoms with Gasteiger partial charge in [0.1, 0.15) is 5.78 Å². The van der Waals surface area contributed by atoms with Crippen molar-refractivity contribution in [1.29, 1.82) is 0 Å². The summed E-state index contributed by atoms with van der Waals surface area (Å²) in [6, 6.07) is 0. The first kappa shape index (κ1) is 14.2. The van der Waals surface area contributed by atoms with Crippen molar-refractivity contribution in [2.45, 2.75) is 47.5 Å². The van der Waals surface area contributed by atoms with E-state index in [1.165, 1.54) is 0 Å². The van der Waals surface area contributed by atoms with Gasteiger partial charge in [0.25, 0.3) is 0 Å². The van der Waals surface area contributed by atoms with Gasteiger partial charge in [-0.15, -0.1) is 0 Å². The van der Waals surface area contributed by atoms with Gasteiger partial charge >= 0.3 is 5.97 Å². The first-order valence-electron chi connectivity index (χ1n) is 6.54. The Morgan fingerprint density at radius 2 is 2.00 bits per heavy atom. The first-order chi connectivity index (χ1) is 7.85. The van der Waals surface area contributed by atoms with Crippen LogP contribution in [-0.2, 0) is 14.3 Å². The third-order valence-electron chi connectivity index (χ3n) is 4.03. The molecule has 1 rings (SSSR count). The molecule has 0 bridgehead atoms. The number of ketones is 1. The second-order valence-corrected chi connectivity index (χ2v) is 5.74. The monoisotopic (exact) mass is 240 g/mol. The highest BCUT2D eigenvalue weighted by Gasteiger charge is 2.49. The van der Waals surface area contributed by atoms with Gasteiger partial charge in [-0.2, -0.15) is 0 Å². The van der Waals surface area contributed by atoms with Crippen LogP contribution in [0.5, 0.6) is 0 Å². The van der Waals surface area contributed by atoms with Crippen molar-refractivity contribution in [2.75, 3.05) is 6.61 Å². The predicted molar refractivity (Wildman–Crippen MR) is 66.5 cm³/mol. The molecule has 1 saturated carbocycles. The zero-order valence-electron chi connectivity index (χ0n) is 11.6. The molecule has 0 heterocycles. The van der Waals surface area contributed by atoms with Crippen LogP contribution in [-0.4, -0.2) is 18.4 Å². The molecule has 1 aliphatic rings. The van der Waals surface area contributed by atoms with Gasteiger partial charge in [0.2, 0.25) is 0 Å². The Morgan fingerprint density at radius 1 is 1.41 bits per heavy atom. The second kappa shape index (κ2) is 5.19. The largest absolute Gasteiger partial charge is 0.466 e. The van der Waals surface area contributed by atoms with E-state index in [-0.39, 0.29) is 29.1 Å². The standard InChI is InChI=1S/C14H24O3/c1-6-10-9(3)12(13(16)17-7-2)14(4,5)8-11(10)15/h9-10,12H,6-8H2,1-5H3/t9-,10-,12-/m0/s1. The summed E-state index contributed by atoms with van der Waals surface area (Å²) < 4.78 is 5.17. The molecular formula is C14H24O3. The van der Waals surface area contributed by atoms with Crippen LogP contribution in [0.1, 0.15) is 47.5 Å². The Morgan fingerprint density at radius 3 is 2.47 bits per heavy atom. The number of ether oxygens (including phenoxy) is 1. The zero-order chi connectivity index (χ0) is 13.2. The molecule has 1 aliphatic carbocycles. The number of Topliss-reactive ketones (excluding diaryl/α,β-unsaturated/α-hetero) is 1. The summed E-state index contributed by atoms with van der Waals surface area (Å²) in [5, 5.41) is 0. The Hall–Kier alpha value is -0.860. The minimum Gasteiger partial charge on any atom is -0.466 e. The maximum atomic E-state index is 12.1. The summed E-state index contributed by atoms with van der Waals surface area (Å²) in [5.41, 5.74) is -0.283. The number of carbonyl (C=O) groups is 2. The Bertz CT molecular complexity index is 307. The van der Waals surface area contributed by atoms with E-state index >= 15 is 0 Å². The molecule has 0 aromatic rings. The topological polar surface area (TPSA) is 43.4 Å². The quantitative estimate of drug-likeness (QED) is 0.712. The van der Waals surface area contributed by atoms with Crippen LogP contribution in [0.25, 0.3) is 0 Å². The van der Waals surface area contributed by atoms with Gasteiger partial charge in [0.15, 0.2) is 0 Å². The van der Waals surface area contributed by atoms with E-state index in [4.69, 9.17) is 4.74 Å². The first-order valence-corrected chi connectivity index (χ1v) is 6.54. The third-order valence-corrected chi connectivity index (χ3v) is 4.03. The normalized spacial score (nSPS) is 32.3. The van der Waals surface area contributed by atoms with E-state index in [2.05, 4.69) is 0 Å². The molecule has 0 aliphatic heterocycles. The average Bonchev–Trinajstić information content (AvgIpc) is 2.15. The maximum absolute atomic E-state index is 12.1. The smallest absolute Gasteiger partial charge is 0.309 e. The fourth-order valence-electron chi connectivity index (χ4n) is 3.29. The van der Waals surface area contributed by atoms with E-state index in [1.54, 1.807) is 0 Å². The number of carbonyl (C=O) groups excluding carboxylic acids is 2. The molecule has 0 unspecified atom stereocenters. The average molecular weight is 240 g/mol. The highest BCUT2D eigenvalue weighted by atomic mass is 16.5. The van der Waals surface area contributed by atoms with Crippen LogP contribution in [0, 0.1) is 23.2 Å². The van der Waals surface area contributed by atoms with Crippen LogP contribution in [0.2, 0.25) is 0 Å². The van der Waals surface area contributed by atoms with Crippen molar-refractivity contribution in [3.8, 4) is 0 Å². The molecule has 0 N–H and O–H groups in total. The molecule has 0 radical (unpaired) electrons. The zero-order valence-corrected chi connectivity index (χ0v) is 11.6. The van der Waals surface area contributed by atoms with E-state index < -0.39 is 0 Å². The molecule has 98 valence electrons. The minimum absolute atomic E-state index is 0.0115. The van der Waals surface area contributed by atoms with E-state index in [1.807, 2.05) is 34.6 Å². The van der Waals surface area contributed by atoms with E-state index in [0.717, 1.165) is 6.42 Å². The molecule has 0 amide bonds. The van der Waals surface area contributed by atoms with Crippen molar-refractivity contribution in [1.82, 2.24) is 0 Å². The van der Waals surface area contributed by atoms with Crippen LogP contribution in [0.4, 0.5) is 0 Å². The summed E-state index contributed by atoms with van der Waals surface area (Å²) in [4.78, 5) is 24.1. The lowest BCUT2D eigenvalue weighted by molar-refractivity contribution is -0.161. The lowest BCUT2D eigenvalue weighted by Crippen LogP contribution is -2.48. The second-order valence-electron chi connectivity index (χ2n) is 5.74. The number of hydrogen-bond donors (Lipinski definition) is 0. The summed E-state index contributed by atoms with van der Waals surface area (Å²) >= 11 is 0. The SMILES string of the molecule is CCOC(=O)[C@@H]1[C@@H](C)[C@H](CC)C(=O)CC1(C)C. The van der Waals surface area contributed by atoms with Crippen LogP contribution in [0.3, 0.4) is 0 Å². The van der Waals surface area contributed by atoms with Gasteiger partial charge in [-0.3, -0.25) is 9.59 Å². The molecular weight excluding hydrogens is 216 g/mol. The van der Waals surface area contributed by atoms with Gasteiger partial charge in [-0.05, 0) is 24.7 Å². The Labute approximate surface area is 104 Å². The molecule has 17 heavy (non-hydrogen) atoms. The lowest BCUT2D eigenvalue weighted by atomic mass is 9.59. The van der Waals surface area contributed by atoms with Crippen molar-refractivity contribution >= 4 is 11.8 Å². The van der Waals surface area contributed by atoms with E-state index in [0.29, 0.717) is 18.8 Å². The highest BCUT2D eigenvalue weighted by Crippen LogP contribution is 2.46. The van der Waals surface area contributed by atoms with Crippen molar-refractivity contribution in [3.05, 3.63) is 0 Å². The fourth-order valence-corrected chi connectivity index (χ4v) is 3.29. The third kappa shape index (κ3) is 2.70. The molecule has 3 nitrogen and oxygen atoms in total. The summed E-state index contributed by atoms with van der Waals surface area (Å²) in [6.07, 6.45) is 1.30. The number of hydrogen-bond acceptors (Lipinski definition) is 3. The minimum atomic E-state index is -0.283. The van der Waals surface area contributed by atoms with Crippen LogP contribution >= 0.6 is 0 Å². The molecule has 3 atom stereocenters. The maximum Gasteiger partial charge on any atom is 0.309 e. The highest BCUT2D eigenvalue weighted by molar-refractivity contribution is 5.86. The molecule has 0 aromatic heterocycles.